The first-order valence-corrected chi connectivity index (χ1v) is 9.04. The molecule has 0 aliphatic heterocycles. The Labute approximate surface area is 145 Å². The molecule has 0 fully saturated rings. The van der Waals surface area contributed by atoms with Gasteiger partial charge in [-0.3, -0.25) is 0 Å². The Morgan fingerprint density at radius 3 is 2.20 bits per heavy atom. The van der Waals surface area contributed by atoms with E-state index in [4.69, 9.17) is 5.14 Å². The van der Waals surface area contributed by atoms with Gasteiger partial charge in [0.2, 0.25) is 10.0 Å². The molecule has 2 aromatic carbocycles. The predicted octanol–water partition coefficient (Wildman–Crippen LogP) is 3.49. The van der Waals surface area contributed by atoms with Crippen molar-refractivity contribution in [1.29, 1.82) is 0 Å². The molecule has 1 heterocycles. The molecule has 5 nitrogen and oxygen atoms in total. The molecule has 3 rings (SSSR count). The molecule has 0 atom stereocenters. The minimum atomic E-state index is -3.75. The van der Waals surface area contributed by atoms with Gasteiger partial charge in [-0.15, -0.1) is 0 Å². The predicted molar refractivity (Wildman–Crippen MR) is 95.4 cm³/mol. The number of hydrogen-bond acceptors (Lipinski definition) is 3. The van der Waals surface area contributed by atoms with E-state index in [0.29, 0.717) is 5.69 Å². The lowest BCUT2D eigenvalue weighted by molar-refractivity contribution is 0.598. The van der Waals surface area contributed by atoms with Gasteiger partial charge in [0.05, 0.1) is 4.90 Å². The van der Waals surface area contributed by atoms with Crippen LogP contribution in [0.5, 0.6) is 0 Å². The molecule has 1 aromatic heterocycles. The fourth-order valence-electron chi connectivity index (χ4n) is 2.48. The fraction of sp³-hybridized carbons (Fsp3) is 0.0556. The summed E-state index contributed by atoms with van der Waals surface area (Å²) in [6, 6.07) is 12.3. The zero-order chi connectivity index (χ0) is 18.0. The summed E-state index contributed by atoms with van der Waals surface area (Å²) in [5.41, 5.74) is 3.00. The van der Waals surface area contributed by atoms with E-state index in [-0.39, 0.29) is 10.7 Å². The maximum absolute atomic E-state index is 13.2. The summed E-state index contributed by atoms with van der Waals surface area (Å²) in [5, 5.41) is 9.65. The van der Waals surface area contributed by atoms with Crippen LogP contribution >= 0.6 is 0 Å². The highest BCUT2D eigenvalue weighted by Gasteiger charge is 2.14. The van der Waals surface area contributed by atoms with E-state index in [1.54, 1.807) is 35.1 Å². The highest BCUT2D eigenvalue weighted by molar-refractivity contribution is 7.89. The molecule has 0 aliphatic rings. The average molecular weight is 357 g/mol. The lowest BCUT2D eigenvalue weighted by Crippen LogP contribution is -2.11. The molecular weight excluding hydrogens is 341 g/mol. The molecule has 0 radical (unpaired) electrons. The van der Waals surface area contributed by atoms with Gasteiger partial charge in [0.1, 0.15) is 11.5 Å². The molecule has 0 amide bonds. The fourth-order valence-corrected chi connectivity index (χ4v) is 2.99. The molecule has 0 saturated heterocycles. The minimum absolute atomic E-state index is 0.0347. The Morgan fingerprint density at radius 2 is 1.64 bits per heavy atom. The number of sulfonamides is 1. The van der Waals surface area contributed by atoms with Crippen LogP contribution < -0.4 is 5.14 Å². The van der Waals surface area contributed by atoms with E-state index in [9.17, 15) is 12.8 Å². The maximum Gasteiger partial charge on any atom is 0.238 e. The summed E-state index contributed by atoms with van der Waals surface area (Å²) in [6.07, 6.45) is 5.46. The van der Waals surface area contributed by atoms with Crippen molar-refractivity contribution in [3.8, 4) is 22.4 Å². The largest absolute Gasteiger partial charge is 0.247 e. The number of benzene rings is 2. The van der Waals surface area contributed by atoms with Gasteiger partial charge in [0.25, 0.3) is 0 Å². The van der Waals surface area contributed by atoms with Crippen molar-refractivity contribution >= 4 is 16.2 Å². The Bertz CT molecular complexity index is 1020. The highest BCUT2D eigenvalue weighted by Crippen LogP contribution is 2.31. The second kappa shape index (κ2) is 6.62. The molecule has 0 saturated carbocycles. The van der Waals surface area contributed by atoms with E-state index in [1.165, 1.54) is 24.3 Å². The van der Waals surface area contributed by atoms with Crippen LogP contribution in [0.25, 0.3) is 28.6 Å². The van der Waals surface area contributed by atoms with E-state index < -0.39 is 10.0 Å². The van der Waals surface area contributed by atoms with Gasteiger partial charge in [-0.05, 0) is 36.8 Å². The Kier molecular flexibility index (Phi) is 4.52. The van der Waals surface area contributed by atoms with Gasteiger partial charge in [-0.1, -0.05) is 30.3 Å². The van der Waals surface area contributed by atoms with Gasteiger partial charge >= 0.3 is 0 Å². The summed E-state index contributed by atoms with van der Waals surface area (Å²) >= 11 is 0. The highest BCUT2D eigenvalue weighted by atomic mass is 32.2. The molecule has 25 heavy (non-hydrogen) atoms. The summed E-state index contributed by atoms with van der Waals surface area (Å²) < 4.78 is 37.7. The van der Waals surface area contributed by atoms with Crippen LogP contribution in [0.3, 0.4) is 0 Å². The number of allylic oxidation sites excluding steroid dienone is 1. The van der Waals surface area contributed by atoms with Gasteiger partial charge in [0, 0.05) is 23.5 Å². The van der Waals surface area contributed by atoms with Crippen LogP contribution in [0.15, 0.2) is 65.7 Å². The van der Waals surface area contributed by atoms with Crippen LogP contribution in [-0.4, -0.2) is 18.2 Å². The zero-order valence-electron chi connectivity index (χ0n) is 13.4. The van der Waals surface area contributed by atoms with E-state index >= 15 is 0 Å². The number of halogens is 1. The second-order valence-electron chi connectivity index (χ2n) is 5.43. The minimum Gasteiger partial charge on any atom is -0.247 e. The van der Waals surface area contributed by atoms with Crippen LogP contribution in [0.1, 0.15) is 6.92 Å². The van der Waals surface area contributed by atoms with Gasteiger partial charge in [0.15, 0.2) is 0 Å². The van der Waals surface area contributed by atoms with Crippen LogP contribution in [-0.2, 0) is 10.0 Å². The molecule has 0 bridgehead atoms. The number of primary sulfonamides is 1. The number of aromatic nitrogens is 2. The molecule has 2 N–H and O–H groups in total. The summed E-state index contributed by atoms with van der Waals surface area (Å²) in [6.45, 7) is 1.87. The summed E-state index contributed by atoms with van der Waals surface area (Å²) in [5.74, 6) is -0.316. The molecule has 0 unspecified atom stereocenters. The first-order chi connectivity index (χ1) is 11.9. The monoisotopic (exact) mass is 357 g/mol. The Balaban J connectivity index is 2.13. The van der Waals surface area contributed by atoms with Crippen molar-refractivity contribution in [1.82, 2.24) is 9.78 Å². The lowest BCUT2D eigenvalue weighted by Gasteiger charge is -2.04. The topological polar surface area (TPSA) is 78.0 Å². The second-order valence-corrected chi connectivity index (χ2v) is 6.99. The van der Waals surface area contributed by atoms with Crippen molar-refractivity contribution in [2.75, 3.05) is 0 Å². The molecule has 0 spiro atoms. The maximum atomic E-state index is 13.2. The third-order valence-electron chi connectivity index (χ3n) is 3.65. The Morgan fingerprint density at radius 1 is 1.04 bits per heavy atom. The summed E-state index contributed by atoms with van der Waals surface area (Å²) in [4.78, 5) is 0.0347. The third kappa shape index (κ3) is 3.67. The lowest BCUT2D eigenvalue weighted by atomic mass is 10.0. The van der Waals surface area contributed by atoms with Crippen LogP contribution in [0.2, 0.25) is 0 Å². The first-order valence-electron chi connectivity index (χ1n) is 7.49. The van der Waals surface area contributed by atoms with Gasteiger partial charge in [-0.25, -0.2) is 22.6 Å². The van der Waals surface area contributed by atoms with E-state index in [0.717, 1.165) is 16.7 Å². The number of nitrogens with two attached hydrogens (primary N) is 1. The molecule has 3 aromatic rings. The van der Waals surface area contributed by atoms with Crippen molar-refractivity contribution in [3.05, 3.63) is 66.6 Å². The number of hydrogen-bond donors (Lipinski definition) is 1. The quantitative estimate of drug-likeness (QED) is 0.776. The van der Waals surface area contributed by atoms with Crippen molar-refractivity contribution in [2.24, 2.45) is 5.14 Å². The zero-order valence-corrected chi connectivity index (χ0v) is 14.2. The van der Waals surface area contributed by atoms with Crippen molar-refractivity contribution in [2.45, 2.75) is 11.8 Å². The summed E-state index contributed by atoms with van der Waals surface area (Å²) in [7, 11) is -3.75. The van der Waals surface area contributed by atoms with E-state index in [1.807, 2.05) is 19.2 Å². The van der Waals surface area contributed by atoms with Crippen LogP contribution in [0, 0.1) is 5.82 Å². The molecule has 128 valence electrons. The first kappa shape index (κ1) is 17.1. The standard InChI is InChI=1S/C18H16FN3O2S/c1-2-11-22-12-17(13-3-7-15(19)8-4-13)18(21-22)14-5-9-16(10-6-14)25(20,23)24/h2-12H,1H3,(H2,20,23,24). The van der Waals surface area contributed by atoms with Gasteiger partial charge < -0.3 is 0 Å². The Hall–Kier alpha value is -2.77. The van der Waals surface area contributed by atoms with Crippen molar-refractivity contribution in [3.63, 3.8) is 0 Å². The van der Waals surface area contributed by atoms with Crippen LogP contribution in [0.4, 0.5) is 4.39 Å². The normalized spacial score (nSPS) is 12.0. The third-order valence-corrected chi connectivity index (χ3v) is 4.57. The van der Waals surface area contributed by atoms with Gasteiger partial charge in [-0.2, -0.15) is 5.10 Å². The van der Waals surface area contributed by atoms with Crippen molar-refractivity contribution < 1.29 is 12.8 Å². The smallest absolute Gasteiger partial charge is 0.238 e. The SMILES string of the molecule is CC=Cn1cc(-c2ccc(F)cc2)c(-c2ccc(S(N)(=O)=O)cc2)n1. The molecular formula is C18H16FN3O2S. The number of nitrogens with zero attached hydrogens (tertiary/aromatic N) is 2. The van der Waals surface area contributed by atoms with E-state index in [2.05, 4.69) is 5.10 Å². The molecule has 0 aliphatic carbocycles. The number of rotatable bonds is 4. The molecule has 7 heteroatoms. The average Bonchev–Trinajstić information content (AvgIpc) is 2.99.